The number of hydrogen-bond donors (Lipinski definition) is 0. The van der Waals surface area contributed by atoms with Crippen molar-refractivity contribution in [1.82, 2.24) is 0 Å². The summed E-state index contributed by atoms with van der Waals surface area (Å²) >= 11 is 12.3. The monoisotopic (exact) mass is 892 g/mol. The van der Waals surface area contributed by atoms with Gasteiger partial charge in [0.05, 0.1) is 0 Å². The quantitative estimate of drug-likeness (QED) is 0.212. The van der Waals surface area contributed by atoms with Gasteiger partial charge in [-0.2, -0.15) is 0 Å². The number of benzene rings is 4. The molecule has 0 N–H and O–H groups in total. The average Bonchev–Trinajstić information content (AvgIpc) is 2.78. The molecule has 33 heavy (non-hydrogen) atoms. The van der Waals surface area contributed by atoms with E-state index in [2.05, 4.69) is 63.7 Å². The van der Waals surface area contributed by atoms with Crippen molar-refractivity contribution in [3.05, 3.63) is 115 Å². The van der Waals surface area contributed by atoms with Crippen LogP contribution in [0.1, 0.15) is 0 Å². The first kappa shape index (κ1) is 31.9. The molecule has 9 heteroatoms. The molecule has 0 aromatic heterocycles. The third-order valence-electron chi connectivity index (χ3n) is 3.35. The molecule has 0 saturated heterocycles. The molecule has 4 nitrogen and oxygen atoms in total. The average molecular weight is 895 g/mol. The van der Waals surface area contributed by atoms with Crippen molar-refractivity contribution in [2.75, 3.05) is 0 Å². The van der Waals surface area contributed by atoms with Crippen LogP contribution in [-0.2, 0) is 0 Å². The van der Waals surface area contributed by atoms with Gasteiger partial charge in [0.15, 0.2) is 0 Å². The Hall–Kier alpha value is -1.08. The summed E-state index contributed by atoms with van der Waals surface area (Å²) < 4.78 is 2.50. The van der Waals surface area contributed by atoms with Gasteiger partial charge >= 0.3 is 0 Å². The molecule has 4 rings (SSSR count). The van der Waals surface area contributed by atoms with E-state index in [0.29, 0.717) is 17.9 Å². The van der Waals surface area contributed by atoms with Gasteiger partial charge in [0.25, 0.3) is 0 Å². The Balaban J connectivity index is 0.000000410. The fourth-order valence-electron chi connectivity index (χ4n) is 1.78. The molecule has 0 heterocycles. The number of halogens is 4. The van der Waals surface area contributed by atoms with Crippen molar-refractivity contribution < 1.29 is 20.4 Å². The summed E-state index contributed by atoms with van der Waals surface area (Å²) in [6.45, 7) is 0. The Labute approximate surface area is 247 Å². The molecule has 0 aliphatic carbocycles. The number of hydrogen-bond acceptors (Lipinski definition) is 4. The summed E-state index contributed by atoms with van der Waals surface area (Å²) in [6, 6.07) is 27.1. The summed E-state index contributed by atoms with van der Waals surface area (Å²) in [6.07, 6.45) is 0. The molecule has 0 aliphatic rings. The van der Waals surface area contributed by atoms with Crippen LogP contribution in [0.5, 0.6) is 23.0 Å². The SMILES string of the molecule is [O-]c1ccccc1Br.[O-]c1ccccc1Br.[O-]c1ccccc1Br.[O-]c1ccccc1Br.[Pb]. The van der Waals surface area contributed by atoms with Crippen LogP contribution >= 0.6 is 63.7 Å². The predicted molar refractivity (Wildman–Crippen MR) is 140 cm³/mol. The van der Waals surface area contributed by atoms with Gasteiger partial charge in [0.2, 0.25) is 0 Å². The maximum atomic E-state index is 10.6. The van der Waals surface area contributed by atoms with E-state index < -0.39 is 0 Å². The third-order valence-corrected chi connectivity index (χ3v) is 5.97. The van der Waals surface area contributed by atoms with E-state index in [1.54, 1.807) is 48.5 Å². The Morgan fingerprint density at radius 1 is 0.333 bits per heavy atom. The second kappa shape index (κ2) is 18.3. The largest absolute Gasteiger partial charge is 0.872 e. The normalized spacial score (nSPS) is 8.85. The van der Waals surface area contributed by atoms with E-state index in [-0.39, 0.29) is 50.3 Å². The zero-order valence-electron chi connectivity index (χ0n) is 16.9. The molecule has 172 valence electrons. The first-order chi connectivity index (χ1) is 15.2. The zero-order chi connectivity index (χ0) is 23.9. The molecule has 0 bridgehead atoms. The van der Waals surface area contributed by atoms with E-state index >= 15 is 0 Å². The molecular weight excluding hydrogens is 879 g/mol. The number of rotatable bonds is 0. The third kappa shape index (κ3) is 14.0. The van der Waals surface area contributed by atoms with Crippen molar-refractivity contribution in [2.24, 2.45) is 0 Å². The molecule has 4 aromatic carbocycles. The Bertz CT molecular complexity index is 839. The van der Waals surface area contributed by atoms with Crippen molar-refractivity contribution in [3.8, 4) is 23.0 Å². The van der Waals surface area contributed by atoms with Crippen LogP contribution in [0.15, 0.2) is 115 Å². The van der Waals surface area contributed by atoms with Gasteiger partial charge in [0, 0.05) is 45.2 Å². The fourth-order valence-corrected chi connectivity index (χ4v) is 2.92. The molecule has 0 atom stereocenters. The van der Waals surface area contributed by atoms with Gasteiger partial charge in [-0.3, -0.25) is 0 Å². The number of para-hydroxylation sites is 4. The van der Waals surface area contributed by atoms with Crippen LogP contribution in [0, 0.1) is 0 Å². The Morgan fingerprint density at radius 2 is 0.485 bits per heavy atom. The Morgan fingerprint density at radius 3 is 0.576 bits per heavy atom. The second-order valence-electron chi connectivity index (χ2n) is 5.72. The topological polar surface area (TPSA) is 92.2 Å². The van der Waals surface area contributed by atoms with Crippen LogP contribution in [0.2, 0.25) is 0 Å². The minimum absolute atomic E-state index is 0. The van der Waals surface area contributed by atoms with Crippen molar-refractivity contribution in [3.63, 3.8) is 0 Å². The van der Waals surface area contributed by atoms with Gasteiger partial charge < -0.3 is 20.4 Å². The summed E-state index contributed by atoms with van der Waals surface area (Å²) in [4.78, 5) is 0. The van der Waals surface area contributed by atoms with Crippen molar-refractivity contribution in [2.45, 2.75) is 0 Å². The van der Waals surface area contributed by atoms with Crippen molar-refractivity contribution >= 4 is 91.0 Å². The van der Waals surface area contributed by atoms with Crippen molar-refractivity contribution in [1.29, 1.82) is 0 Å². The second-order valence-corrected chi connectivity index (χ2v) is 9.14. The summed E-state index contributed by atoms with van der Waals surface area (Å²) in [5.41, 5.74) is 0. The van der Waals surface area contributed by atoms with Gasteiger partial charge in [-0.05, 0) is 24.3 Å². The van der Waals surface area contributed by atoms with Gasteiger partial charge in [-0.1, -0.05) is 160 Å². The fraction of sp³-hybridized carbons (Fsp3) is 0. The minimum atomic E-state index is 0. The summed E-state index contributed by atoms with van der Waals surface area (Å²) in [5.74, 6) is 0.139. The van der Waals surface area contributed by atoms with E-state index in [0.717, 1.165) is 0 Å². The first-order valence-electron chi connectivity index (χ1n) is 8.88. The molecule has 0 unspecified atom stereocenters. The van der Waals surface area contributed by atoms with Crippen LogP contribution < -0.4 is 20.4 Å². The van der Waals surface area contributed by atoms with Gasteiger partial charge in [-0.25, -0.2) is 0 Å². The van der Waals surface area contributed by atoms with E-state index in [1.807, 2.05) is 24.3 Å². The van der Waals surface area contributed by atoms with E-state index in [1.165, 1.54) is 24.3 Å². The van der Waals surface area contributed by atoms with E-state index in [9.17, 15) is 20.4 Å². The molecule has 4 radical (unpaired) electrons. The van der Waals surface area contributed by atoms with Crippen LogP contribution in [0.3, 0.4) is 0 Å². The summed E-state index contributed by atoms with van der Waals surface area (Å²) in [5, 5.41) is 42.3. The summed E-state index contributed by atoms with van der Waals surface area (Å²) in [7, 11) is 0. The standard InChI is InChI=1S/4C6H5BrO.Pb/c4*7-5-3-1-2-4-6(5)8;/h4*1-4,8H;/p-4. The van der Waals surface area contributed by atoms with Gasteiger partial charge in [0.1, 0.15) is 0 Å². The molecule has 0 fully saturated rings. The van der Waals surface area contributed by atoms with Crippen LogP contribution in [-0.4, -0.2) is 27.3 Å². The van der Waals surface area contributed by atoms with Crippen LogP contribution in [0.4, 0.5) is 0 Å². The van der Waals surface area contributed by atoms with E-state index in [4.69, 9.17) is 0 Å². The van der Waals surface area contributed by atoms with Gasteiger partial charge in [-0.15, -0.1) is 0 Å². The molecule has 0 spiro atoms. The smallest absolute Gasteiger partial charge is 0.00961 e. The minimum Gasteiger partial charge on any atom is -0.872 e. The molecule has 0 amide bonds. The maximum absolute atomic E-state index is 10.6. The molecular formula is C24H16Br4O4Pb-4. The predicted octanol–water partition coefficient (Wildman–Crippen LogP) is 5.71. The Kier molecular flexibility index (Phi) is 17.7. The maximum Gasteiger partial charge on any atom is 0.00961 e. The zero-order valence-corrected chi connectivity index (χ0v) is 27.1. The molecule has 0 saturated carbocycles. The molecule has 0 aliphatic heterocycles. The molecule has 4 aromatic rings. The van der Waals surface area contributed by atoms with Crippen LogP contribution in [0.25, 0.3) is 0 Å². The first-order valence-corrected chi connectivity index (χ1v) is 12.1.